The number of halogens is 2. The number of phenols is 1. The molecule has 0 amide bonds. The van der Waals surface area contributed by atoms with Gasteiger partial charge in [0, 0.05) is 42.7 Å². The molecule has 13 heteroatoms. The topological polar surface area (TPSA) is 158 Å². The maximum absolute atomic E-state index is 15.7. The van der Waals surface area contributed by atoms with E-state index >= 15 is 8.78 Å². The van der Waals surface area contributed by atoms with Crippen molar-refractivity contribution in [2.24, 2.45) is 22.1 Å². The van der Waals surface area contributed by atoms with Gasteiger partial charge in [-0.25, -0.2) is 9.37 Å². The Morgan fingerprint density at radius 3 is 2.66 bits per heavy atom. The number of hydrogen-bond donors (Lipinski definition) is 4. The normalized spacial score (nSPS) is 24.0. The molecule has 1 aromatic heterocycles. The largest absolute Gasteiger partial charge is 0.504 e. The molecule has 6 rings (SSSR count). The molecule has 11 nitrogen and oxygen atoms in total. The van der Waals surface area contributed by atoms with E-state index in [1.54, 1.807) is 18.3 Å². The monoisotopic (exact) mass is 606 g/mol. The number of benzene rings is 2. The van der Waals surface area contributed by atoms with E-state index in [-0.39, 0.29) is 40.6 Å². The highest BCUT2D eigenvalue weighted by molar-refractivity contribution is 5.95. The molecule has 2 bridgehead atoms. The molecule has 2 aliphatic carbocycles. The van der Waals surface area contributed by atoms with E-state index in [9.17, 15) is 15.0 Å². The number of carboxylic acids is 1. The minimum atomic E-state index is -1.24. The standard InChI is InChI=1S/C31H32F2N6O5/c1-38-10-9-36-28(38)19-12-18(39(2)21-14-31(30(41)42)8-7-17(21)13-31)4-6-23(19)43-26-20(32)15-37-29(25(26)33)44-24-11-16(27(34)35)3-5-22(24)40/h3-6,9,11-12,15,17,21,28,40H,7-8,10,13-14H2,1-2H3,(H3,34,35)(H,41,42). The number of ether oxygens (including phenoxy) is 2. The highest BCUT2D eigenvalue weighted by atomic mass is 19.1. The fourth-order valence-corrected chi connectivity index (χ4v) is 6.61. The van der Waals surface area contributed by atoms with Crippen LogP contribution in [-0.2, 0) is 4.79 Å². The molecule has 4 unspecified atom stereocenters. The summed E-state index contributed by atoms with van der Waals surface area (Å²) in [6.45, 7) is 0.564. The van der Waals surface area contributed by atoms with Gasteiger partial charge in [-0.3, -0.25) is 20.1 Å². The number of aromatic hydroxyl groups is 1. The summed E-state index contributed by atoms with van der Waals surface area (Å²) >= 11 is 0. The van der Waals surface area contributed by atoms with Crippen LogP contribution in [0.1, 0.15) is 43.0 Å². The van der Waals surface area contributed by atoms with Gasteiger partial charge in [0.15, 0.2) is 17.3 Å². The lowest BCUT2D eigenvalue weighted by molar-refractivity contribution is -0.148. The molecule has 5 N–H and O–H groups in total. The van der Waals surface area contributed by atoms with Crippen LogP contribution >= 0.6 is 0 Å². The summed E-state index contributed by atoms with van der Waals surface area (Å²) in [5, 5.41) is 27.7. The molecule has 44 heavy (non-hydrogen) atoms. The smallest absolute Gasteiger partial charge is 0.309 e. The average molecular weight is 607 g/mol. The number of nitrogens with two attached hydrogens (primary N) is 1. The van der Waals surface area contributed by atoms with Crippen LogP contribution in [0.2, 0.25) is 0 Å². The number of phenolic OH excluding ortho intramolecular Hbond substituents is 1. The Bertz CT molecular complexity index is 1690. The second-order valence-corrected chi connectivity index (χ2v) is 11.7. The average Bonchev–Trinajstić information content (AvgIpc) is 3.73. The van der Waals surface area contributed by atoms with E-state index in [0.29, 0.717) is 31.4 Å². The van der Waals surface area contributed by atoms with E-state index in [2.05, 4.69) is 14.9 Å². The maximum Gasteiger partial charge on any atom is 0.309 e. The van der Waals surface area contributed by atoms with Gasteiger partial charge in [-0.2, -0.15) is 4.39 Å². The van der Waals surface area contributed by atoms with Crippen LogP contribution in [0.15, 0.2) is 47.6 Å². The number of pyridine rings is 1. The summed E-state index contributed by atoms with van der Waals surface area (Å²) in [6.07, 6.45) is 4.76. The van der Waals surface area contributed by atoms with Gasteiger partial charge < -0.3 is 30.3 Å². The summed E-state index contributed by atoms with van der Waals surface area (Å²) in [6, 6.07) is 9.14. The molecule has 1 aliphatic heterocycles. The Hall–Kier alpha value is -4.78. The predicted octanol–water partition coefficient (Wildman–Crippen LogP) is 5.03. The summed E-state index contributed by atoms with van der Waals surface area (Å²) < 4.78 is 42.0. The summed E-state index contributed by atoms with van der Waals surface area (Å²) in [5.41, 5.74) is 6.41. The number of aromatic nitrogens is 1. The lowest BCUT2D eigenvalue weighted by Crippen LogP contribution is -2.39. The number of anilines is 1. The first-order chi connectivity index (χ1) is 21.0. The third-order valence-electron chi connectivity index (χ3n) is 9.04. The predicted molar refractivity (Wildman–Crippen MR) is 158 cm³/mol. The first-order valence-electron chi connectivity index (χ1n) is 14.2. The van der Waals surface area contributed by atoms with Gasteiger partial charge in [-0.15, -0.1) is 0 Å². The van der Waals surface area contributed by atoms with Crippen molar-refractivity contribution in [3.8, 4) is 28.9 Å². The number of rotatable bonds is 9. The minimum absolute atomic E-state index is 0.0389. The molecule has 3 aromatic rings. The number of aliphatic carboxylic acids is 1. The number of carbonyl (C=O) groups is 1. The van der Waals surface area contributed by atoms with Crippen molar-refractivity contribution in [1.82, 2.24) is 9.88 Å². The highest BCUT2D eigenvalue weighted by Crippen LogP contribution is 2.56. The Kier molecular flexibility index (Phi) is 7.36. The fraction of sp³-hybridized carbons (Fsp3) is 0.355. The molecule has 3 aliphatic rings. The van der Waals surface area contributed by atoms with Gasteiger partial charge in [0.1, 0.15) is 17.8 Å². The highest BCUT2D eigenvalue weighted by Gasteiger charge is 2.56. The quantitative estimate of drug-likeness (QED) is 0.194. The second kappa shape index (κ2) is 11.1. The number of carboxylic acid groups (broad SMARTS) is 1. The Labute approximate surface area is 252 Å². The van der Waals surface area contributed by atoms with Gasteiger partial charge in [0.25, 0.3) is 5.88 Å². The van der Waals surface area contributed by atoms with Gasteiger partial charge in [-0.05, 0) is 75.0 Å². The first kappa shape index (κ1) is 29.3. The lowest BCUT2D eigenvalue weighted by atomic mass is 9.82. The van der Waals surface area contributed by atoms with Crippen molar-refractivity contribution >= 4 is 23.7 Å². The van der Waals surface area contributed by atoms with Crippen LogP contribution in [0.3, 0.4) is 0 Å². The zero-order valence-corrected chi connectivity index (χ0v) is 24.1. The van der Waals surface area contributed by atoms with E-state index < -0.39 is 40.8 Å². The lowest BCUT2D eigenvalue weighted by Gasteiger charge is -2.35. The van der Waals surface area contributed by atoms with Crippen molar-refractivity contribution in [3.63, 3.8) is 0 Å². The molecule has 230 valence electrons. The summed E-state index contributed by atoms with van der Waals surface area (Å²) in [7, 11) is 3.80. The molecule has 0 saturated heterocycles. The maximum atomic E-state index is 15.7. The summed E-state index contributed by atoms with van der Waals surface area (Å²) in [5.74, 6) is -4.96. The molecular formula is C31H32F2N6O5. The van der Waals surface area contributed by atoms with Crippen molar-refractivity contribution < 1.29 is 33.3 Å². The number of fused-ring (bicyclic) bond motifs is 2. The van der Waals surface area contributed by atoms with E-state index in [4.69, 9.17) is 20.6 Å². The third kappa shape index (κ3) is 5.06. The number of amidine groups is 1. The van der Waals surface area contributed by atoms with Crippen LogP contribution in [0.25, 0.3) is 0 Å². The van der Waals surface area contributed by atoms with E-state index in [1.165, 1.54) is 18.2 Å². The van der Waals surface area contributed by atoms with Crippen molar-refractivity contribution in [2.45, 2.75) is 37.9 Å². The van der Waals surface area contributed by atoms with Crippen LogP contribution in [0.4, 0.5) is 14.5 Å². The zero-order valence-electron chi connectivity index (χ0n) is 24.1. The fourth-order valence-electron chi connectivity index (χ4n) is 6.61. The SMILES string of the molecule is CN1CC=NC1c1cc(N(C)C2CC3(C(=O)O)CCC2C3)ccc1Oc1c(F)cnc(Oc2cc(C(=N)N)ccc2O)c1F. The number of nitrogens with one attached hydrogen (secondary N) is 1. The van der Waals surface area contributed by atoms with E-state index in [0.717, 1.165) is 18.3 Å². The van der Waals surface area contributed by atoms with Crippen molar-refractivity contribution in [3.05, 3.63) is 65.4 Å². The Morgan fingerprint density at radius 1 is 1.18 bits per heavy atom. The number of aliphatic imine (C=N–C) groups is 1. The molecule has 0 radical (unpaired) electrons. The molecule has 4 atom stereocenters. The van der Waals surface area contributed by atoms with Crippen LogP contribution in [-0.4, -0.2) is 64.8 Å². The van der Waals surface area contributed by atoms with Crippen LogP contribution < -0.4 is 20.1 Å². The zero-order chi connectivity index (χ0) is 31.3. The third-order valence-corrected chi connectivity index (χ3v) is 9.04. The summed E-state index contributed by atoms with van der Waals surface area (Å²) in [4.78, 5) is 24.3. The van der Waals surface area contributed by atoms with Crippen molar-refractivity contribution in [2.75, 3.05) is 25.5 Å². The van der Waals surface area contributed by atoms with Gasteiger partial charge >= 0.3 is 5.97 Å². The second-order valence-electron chi connectivity index (χ2n) is 11.7. The van der Waals surface area contributed by atoms with E-state index in [1.807, 2.05) is 25.1 Å². The molecule has 2 aromatic carbocycles. The van der Waals surface area contributed by atoms with Gasteiger partial charge in [0.2, 0.25) is 11.6 Å². The molecule has 0 spiro atoms. The number of nitrogens with zero attached hydrogens (tertiary/aromatic N) is 4. The molecular weight excluding hydrogens is 574 g/mol. The molecule has 2 saturated carbocycles. The van der Waals surface area contributed by atoms with Gasteiger partial charge in [0.05, 0.1) is 11.6 Å². The molecule has 2 fully saturated rings. The van der Waals surface area contributed by atoms with Crippen molar-refractivity contribution in [1.29, 1.82) is 5.41 Å². The minimum Gasteiger partial charge on any atom is -0.504 e. The van der Waals surface area contributed by atoms with Crippen LogP contribution in [0, 0.1) is 28.4 Å². The van der Waals surface area contributed by atoms with Gasteiger partial charge in [-0.1, -0.05) is 0 Å². The van der Waals surface area contributed by atoms with Crippen LogP contribution in [0.5, 0.6) is 28.9 Å². The Balaban J connectivity index is 1.33. The first-order valence-corrected chi connectivity index (χ1v) is 14.2. The number of nitrogen functional groups attached to an aromatic ring is 1. The molecule has 2 heterocycles. The Morgan fingerprint density at radius 2 is 1.98 bits per heavy atom. The number of hydrogen-bond acceptors (Lipinski definition) is 9.